The molecule has 1 amide bonds. The fourth-order valence-electron chi connectivity index (χ4n) is 0.727. The lowest BCUT2D eigenvalue weighted by molar-refractivity contribution is -0.121. The second-order valence-electron chi connectivity index (χ2n) is 2.87. The van der Waals surface area contributed by atoms with E-state index < -0.39 is 9.84 Å². The van der Waals surface area contributed by atoms with E-state index in [1.807, 2.05) is 0 Å². The second-order valence-corrected chi connectivity index (χ2v) is 5.13. The average Bonchev–Trinajstić information content (AvgIpc) is 1.98. The Balaban J connectivity index is 3.49. The van der Waals surface area contributed by atoms with Crippen LogP contribution in [0.25, 0.3) is 0 Å². The van der Waals surface area contributed by atoms with E-state index in [1.54, 1.807) is 0 Å². The summed E-state index contributed by atoms with van der Waals surface area (Å²) in [5, 5.41) is 2.50. The highest BCUT2D eigenvalue weighted by molar-refractivity contribution is 7.90. The van der Waals surface area contributed by atoms with Gasteiger partial charge in [0.2, 0.25) is 5.91 Å². The number of nitrogens with two attached hydrogens (primary N) is 1. The lowest BCUT2D eigenvalue weighted by Crippen LogP contribution is -2.28. The fraction of sp³-hybridized carbons (Fsp3) is 0.857. The summed E-state index contributed by atoms with van der Waals surface area (Å²) in [5.41, 5.74) is 5.20. The van der Waals surface area contributed by atoms with Gasteiger partial charge in [0.1, 0.15) is 9.84 Å². The molecule has 0 saturated carbocycles. The first-order valence-electron chi connectivity index (χ1n) is 4.10. The van der Waals surface area contributed by atoms with Crippen molar-refractivity contribution in [1.29, 1.82) is 0 Å². The van der Waals surface area contributed by atoms with Gasteiger partial charge in [-0.2, -0.15) is 0 Å². The predicted molar refractivity (Wildman–Crippen MR) is 51.0 cm³/mol. The largest absolute Gasteiger partial charge is 0.355 e. The van der Waals surface area contributed by atoms with Crippen molar-refractivity contribution in [2.45, 2.75) is 12.8 Å². The van der Waals surface area contributed by atoms with Crippen molar-refractivity contribution in [3.63, 3.8) is 0 Å². The van der Waals surface area contributed by atoms with Crippen molar-refractivity contribution < 1.29 is 13.2 Å². The Kier molecular flexibility index (Phi) is 5.65. The molecule has 13 heavy (non-hydrogen) atoms. The predicted octanol–water partition coefficient (Wildman–Crippen LogP) is -1.11. The zero-order valence-electron chi connectivity index (χ0n) is 7.75. The molecular weight excluding hydrogens is 192 g/mol. The molecular formula is C7H16N2O3S. The highest BCUT2D eigenvalue weighted by atomic mass is 32.2. The molecule has 0 aliphatic carbocycles. The Morgan fingerprint density at radius 2 is 2.08 bits per heavy atom. The highest BCUT2D eigenvalue weighted by Gasteiger charge is 2.03. The normalized spacial score (nSPS) is 11.2. The third-order valence-corrected chi connectivity index (χ3v) is 2.35. The zero-order valence-corrected chi connectivity index (χ0v) is 8.56. The summed E-state index contributed by atoms with van der Waals surface area (Å²) in [6.07, 6.45) is 2.13. The molecule has 0 aliphatic rings. The van der Waals surface area contributed by atoms with Crippen LogP contribution in [-0.4, -0.2) is 39.4 Å². The lowest BCUT2D eigenvalue weighted by Gasteiger charge is -2.02. The number of rotatable bonds is 6. The molecule has 0 aromatic rings. The molecule has 0 fully saturated rings. The Labute approximate surface area is 78.6 Å². The summed E-state index contributed by atoms with van der Waals surface area (Å²) in [6, 6.07) is 0. The first kappa shape index (κ1) is 12.4. The number of hydrogen-bond donors (Lipinski definition) is 2. The Hall–Kier alpha value is -0.620. The van der Waals surface area contributed by atoms with Crippen LogP contribution in [0.1, 0.15) is 12.8 Å². The molecule has 0 aliphatic heterocycles. The van der Waals surface area contributed by atoms with Gasteiger partial charge in [-0.15, -0.1) is 0 Å². The number of hydrogen-bond acceptors (Lipinski definition) is 4. The smallest absolute Gasteiger partial charge is 0.220 e. The number of sulfone groups is 1. The van der Waals surface area contributed by atoms with Gasteiger partial charge in [0, 0.05) is 19.2 Å². The molecule has 3 N–H and O–H groups in total. The molecule has 78 valence electrons. The molecule has 0 spiro atoms. The van der Waals surface area contributed by atoms with Crippen LogP contribution >= 0.6 is 0 Å². The van der Waals surface area contributed by atoms with Crippen molar-refractivity contribution in [3.8, 4) is 0 Å². The van der Waals surface area contributed by atoms with E-state index in [1.165, 1.54) is 0 Å². The van der Waals surface area contributed by atoms with Crippen molar-refractivity contribution in [1.82, 2.24) is 5.32 Å². The minimum Gasteiger partial charge on any atom is -0.355 e. The lowest BCUT2D eigenvalue weighted by atomic mass is 10.3. The van der Waals surface area contributed by atoms with E-state index in [-0.39, 0.29) is 18.2 Å². The van der Waals surface area contributed by atoms with Gasteiger partial charge in [-0.25, -0.2) is 8.42 Å². The number of carbonyl (C=O) groups excluding carboxylic acids is 1. The monoisotopic (exact) mass is 208 g/mol. The van der Waals surface area contributed by atoms with E-state index in [2.05, 4.69) is 5.32 Å². The quantitative estimate of drug-likeness (QED) is 0.579. The first-order chi connectivity index (χ1) is 5.95. The third-order valence-electron chi connectivity index (χ3n) is 1.40. The zero-order chi connectivity index (χ0) is 10.3. The molecule has 0 saturated heterocycles. The van der Waals surface area contributed by atoms with Crippen LogP contribution in [0.3, 0.4) is 0 Å². The van der Waals surface area contributed by atoms with Crippen LogP contribution in [0.5, 0.6) is 0 Å². The minimum atomic E-state index is -2.98. The molecule has 0 unspecified atom stereocenters. The van der Waals surface area contributed by atoms with Crippen LogP contribution in [-0.2, 0) is 14.6 Å². The van der Waals surface area contributed by atoms with Gasteiger partial charge in [0.25, 0.3) is 0 Å². The van der Waals surface area contributed by atoms with Gasteiger partial charge in [0.15, 0.2) is 0 Å². The van der Waals surface area contributed by atoms with Gasteiger partial charge >= 0.3 is 0 Å². The summed E-state index contributed by atoms with van der Waals surface area (Å²) in [7, 11) is -2.98. The molecule has 0 radical (unpaired) electrons. The second kappa shape index (κ2) is 5.93. The van der Waals surface area contributed by atoms with Gasteiger partial charge in [-0.05, 0) is 13.0 Å². The van der Waals surface area contributed by atoms with Crippen molar-refractivity contribution in [2.24, 2.45) is 5.73 Å². The number of nitrogens with one attached hydrogen (secondary N) is 1. The van der Waals surface area contributed by atoms with E-state index >= 15 is 0 Å². The fourth-order valence-corrected chi connectivity index (χ4v) is 1.20. The molecule has 0 atom stereocenters. The summed E-state index contributed by atoms with van der Waals surface area (Å²) < 4.78 is 21.3. The summed E-state index contributed by atoms with van der Waals surface area (Å²) in [5.74, 6) is -0.157. The molecule has 0 bridgehead atoms. The Bertz CT molecular complexity index is 248. The van der Waals surface area contributed by atoms with Gasteiger partial charge in [-0.3, -0.25) is 4.79 Å². The van der Waals surface area contributed by atoms with Crippen LogP contribution < -0.4 is 11.1 Å². The van der Waals surface area contributed by atoms with Crippen LogP contribution in [0, 0.1) is 0 Å². The SMILES string of the molecule is CS(=O)(=O)CCNC(=O)CCCN. The first-order valence-corrected chi connectivity index (χ1v) is 6.16. The number of amides is 1. The maximum absolute atomic E-state index is 10.9. The highest BCUT2D eigenvalue weighted by Crippen LogP contribution is 1.86. The molecule has 0 aromatic carbocycles. The Morgan fingerprint density at radius 1 is 1.46 bits per heavy atom. The van der Waals surface area contributed by atoms with Gasteiger partial charge in [-0.1, -0.05) is 0 Å². The van der Waals surface area contributed by atoms with E-state index in [4.69, 9.17) is 5.73 Å². The number of carbonyl (C=O) groups is 1. The van der Waals surface area contributed by atoms with E-state index in [9.17, 15) is 13.2 Å². The van der Waals surface area contributed by atoms with Gasteiger partial charge in [0.05, 0.1) is 5.75 Å². The molecule has 6 heteroatoms. The summed E-state index contributed by atoms with van der Waals surface area (Å²) >= 11 is 0. The topological polar surface area (TPSA) is 89.3 Å². The summed E-state index contributed by atoms with van der Waals surface area (Å²) in [6.45, 7) is 0.654. The maximum atomic E-state index is 10.9. The molecule has 0 rings (SSSR count). The minimum absolute atomic E-state index is 0.0125. The van der Waals surface area contributed by atoms with Crippen molar-refractivity contribution >= 4 is 15.7 Å². The molecule has 0 heterocycles. The standard InChI is InChI=1S/C7H16N2O3S/c1-13(11,12)6-5-9-7(10)3-2-4-8/h2-6,8H2,1H3,(H,9,10). The maximum Gasteiger partial charge on any atom is 0.220 e. The molecule has 5 nitrogen and oxygen atoms in total. The Morgan fingerprint density at radius 3 is 2.54 bits per heavy atom. The average molecular weight is 208 g/mol. The van der Waals surface area contributed by atoms with Crippen LogP contribution in [0.4, 0.5) is 0 Å². The summed E-state index contributed by atoms with van der Waals surface area (Å²) in [4.78, 5) is 10.9. The van der Waals surface area contributed by atoms with Gasteiger partial charge < -0.3 is 11.1 Å². The molecule has 0 aromatic heterocycles. The van der Waals surface area contributed by atoms with Crippen molar-refractivity contribution in [2.75, 3.05) is 25.1 Å². The third kappa shape index (κ3) is 9.29. The van der Waals surface area contributed by atoms with Crippen LogP contribution in [0.2, 0.25) is 0 Å². The van der Waals surface area contributed by atoms with E-state index in [0.717, 1.165) is 6.26 Å². The van der Waals surface area contributed by atoms with E-state index in [0.29, 0.717) is 19.4 Å². The van der Waals surface area contributed by atoms with Crippen molar-refractivity contribution in [3.05, 3.63) is 0 Å². The van der Waals surface area contributed by atoms with Crippen LogP contribution in [0.15, 0.2) is 0 Å².